The molecule has 1 N–H and O–H groups in total. The molecule has 0 spiro atoms. The van der Waals surface area contributed by atoms with Gasteiger partial charge in [-0.25, -0.2) is 4.79 Å². The smallest absolute Gasteiger partial charge is 0.411 e. The minimum Gasteiger partial charge on any atom is -0.444 e. The van der Waals surface area contributed by atoms with Crippen LogP contribution in [0.2, 0.25) is 0 Å². The Hall–Kier alpha value is -1.63. The van der Waals surface area contributed by atoms with Gasteiger partial charge in [-0.1, -0.05) is 30.3 Å². The van der Waals surface area contributed by atoms with Crippen molar-refractivity contribution in [2.45, 2.75) is 75.9 Å². The molecule has 0 saturated carbocycles. The summed E-state index contributed by atoms with van der Waals surface area (Å²) in [6.45, 7) is 5.98. The predicted molar refractivity (Wildman–Crippen MR) is 90.0 cm³/mol. The van der Waals surface area contributed by atoms with Crippen LogP contribution in [0, 0.1) is 0 Å². The molecular formula is C19H25NO5. The minimum atomic E-state index is -0.681. The van der Waals surface area contributed by atoms with Crippen molar-refractivity contribution in [2.24, 2.45) is 0 Å². The number of aliphatic hydroxyl groups is 1. The lowest BCUT2D eigenvalue weighted by molar-refractivity contribution is -0.128. The second-order valence-electron chi connectivity index (χ2n) is 8.07. The Morgan fingerprint density at radius 3 is 2.72 bits per heavy atom. The predicted octanol–water partition coefficient (Wildman–Crippen LogP) is 2.09. The zero-order chi connectivity index (χ0) is 17.8. The Kier molecular flexibility index (Phi) is 4.02. The van der Waals surface area contributed by atoms with E-state index < -0.39 is 17.8 Å². The third-order valence-electron chi connectivity index (χ3n) is 5.14. The first-order valence-electron chi connectivity index (χ1n) is 8.85. The molecule has 6 nitrogen and oxygen atoms in total. The van der Waals surface area contributed by atoms with Crippen molar-refractivity contribution in [1.29, 1.82) is 0 Å². The molecule has 0 aliphatic carbocycles. The highest BCUT2D eigenvalue weighted by Gasteiger charge is 2.66. The number of hydrogen-bond donors (Lipinski definition) is 1. The molecule has 4 bridgehead atoms. The lowest BCUT2D eigenvalue weighted by Crippen LogP contribution is -2.56. The van der Waals surface area contributed by atoms with E-state index in [1.165, 1.54) is 0 Å². The molecule has 4 fully saturated rings. The van der Waals surface area contributed by atoms with Gasteiger partial charge in [0.1, 0.15) is 23.9 Å². The lowest BCUT2D eigenvalue weighted by Gasteiger charge is -2.40. The van der Waals surface area contributed by atoms with E-state index in [-0.39, 0.29) is 30.4 Å². The number of rotatable bonds is 3. The lowest BCUT2D eigenvalue weighted by atomic mass is 9.98. The Morgan fingerprint density at radius 1 is 1.32 bits per heavy atom. The van der Waals surface area contributed by atoms with E-state index in [4.69, 9.17) is 14.2 Å². The first-order chi connectivity index (χ1) is 11.8. The van der Waals surface area contributed by atoms with Crippen LogP contribution in [0.1, 0.15) is 32.8 Å². The molecule has 1 aromatic rings. The van der Waals surface area contributed by atoms with Crippen molar-refractivity contribution in [3.8, 4) is 0 Å². The van der Waals surface area contributed by atoms with E-state index in [1.54, 1.807) is 4.90 Å². The number of piperidine rings is 1. The highest BCUT2D eigenvalue weighted by atomic mass is 16.6. The molecule has 4 heterocycles. The normalized spacial score (nSPS) is 36.1. The van der Waals surface area contributed by atoms with Gasteiger partial charge in [0.15, 0.2) is 0 Å². The number of carbonyl (C=O) groups is 1. The molecular weight excluding hydrogens is 322 g/mol. The first kappa shape index (κ1) is 16.8. The maximum Gasteiger partial charge on any atom is 0.411 e. The second-order valence-corrected chi connectivity index (χ2v) is 8.07. The third-order valence-corrected chi connectivity index (χ3v) is 5.14. The summed E-state index contributed by atoms with van der Waals surface area (Å²) in [5, 5.41) is 10.5. The zero-order valence-corrected chi connectivity index (χ0v) is 14.8. The van der Waals surface area contributed by atoms with E-state index in [9.17, 15) is 9.90 Å². The third kappa shape index (κ3) is 2.92. The number of hydrogen-bond acceptors (Lipinski definition) is 5. The number of ether oxygens (including phenoxy) is 3. The highest BCUT2D eigenvalue weighted by Crippen LogP contribution is 2.47. The Bertz CT molecular complexity index is 643. The van der Waals surface area contributed by atoms with Crippen molar-refractivity contribution >= 4 is 6.09 Å². The zero-order valence-electron chi connectivity index (χ0n) is 14.8. The van der Waals surface area contributed by atoms with Crippen LogP contribution in [0.4, 0.5) is 4.79 Å². The van der Waals surface area contributed by atoms with Gasteiger partial charge in [0.2, 0.25) is 0 Å². The topological polar surface area (TPSA) is 68.2 Å². The summed E-state index contributed by atoms with van der Waals surface area (Å²) in [5.74, 6) is 0. The van der Waals surface area contributed by atoms with Gasteiger partial charge in [-0.2, -0.15) is 0 Å². The van der Waals surface area contributed by atoms with Crippen LogP contribution in [0.15, 0.2) is 30.3 Å². The van der Waals surface area contributed by atoms with E-state index in [1.807, 2.05) is 51.1 Å². The van der Waals surface area contributed by atoms with E-state index >= 15 is 0 Å². The summed E-state index contributed by atoms with van der Waals surface area (Å²) in [7, 11) is 0. The molecule has 6 atom stereocenters. The van der Waals surface area contributed by atoms with Crippen molar-refractivity contribution < 1.29 is 24.1 Å². The van der Waals surface area contributed by atoms with Crippen LogP contribution in [-0.2, 0) is 20.8 Å². The summed E-state index contributed by atoms with van der Waals surface area (Å²) >= 11 is 0. The molecule has 4 saturated heterocycles. The monoisotopic (exact) mass is 347 g/mol. The summed E-state index contributed by atoms with van der Waals surface area (Å²) < 4.78 is 17.6. The number of nitrogens with zero attached hydrogens (tertiary/aromatic N) is 1. The fourth-order valence-electron chi connectivity index (χ4n) is 4.20. The highest BCUT2D eigenvalue weighted by molar-refractivity contribution is 5.70. The van der Waals surface area contributed by atoms with Crippen molar-refractivity contribution in [2.75, 3.05) is 0 Å². The van der Waals surface area contributed by atoms with Crippen LogP contribution in [-0.4, -0.2) is 58.2 Å². The minimum absolute atomic E-state index is 0.115. The van der Waals surface area contributed by atoms with E-state index in [0.29, 0.717) is 13.0 Å². The quantitative estimate of drug-likeness (QED) is 0.907. The number of carbonyl (C=O) groups excluding carboxylic acids is 1. The summed E-state index contributed by atoms with van der Waals surface area (Å²) in [4.78, 5) is 14.3. The summed E-state index contributed by atoms with van der Waals surface area (Å²) in [6, 6.07) is 9.41. The Labute approximate surface area is 147 Å². The van der Waals surface area contributed by atoms with Gasteiger partial charge >= 0.3 is 6.09 Å². The van der Waals surface area contributed by atoms with Crippen molar-refractivity contribution in [3.05, 3.63) is 35.9 Å². The number of aliphatic hydroxyl groups excluding tert-OH is 1. The maximum absolute atomic E-state index is 12.7. The molecule has 0 unspecified atom stereocenters. The van der Waals surface area contributed by atoms with Gasteiger partial charge < -0.3 is 19.3 Å². The fraction of sp³-hybridized carbons (Fsp3) is 0.632. The molecule has 4 aliphatic heterocycles. The van der Waals surface area contributed by atoms with Gasteiger partial charge in [0.05, 0.1) is 24.8 Å². The molecule has 6 heteroatoms. The summed E-state index contributed by atoms with van der Waals surface area (Å²) in [5.41, 5.74) is 0.493. The molecule has 136 valence electrons. The number of amides is 1. The second kappa shape index (κ2) is 5.97. The molecule has 5 rings (SSSR count). The van der Waals surface area contributed by atoms with Crippen LogP contribution < -0.4 is 0 Å². The van der Waals surface area contributed by atoms with Crippen molar-refractivity contribution in [3.63, 3.8) is 0 Å². The average molecular weight is 347 g/mol. The van der Waals surface area contributed by atoms with E-state index in [0.717, 1.165) is 5.56 Å². The van der Waals surface area contributed by atoms with Crippen molar-refractivity contribution in [1.82, 2.24) is 4.90 Å². The van der Waals surface area contributed by atoms with Crippen LogP contribution in [0.3, 0.4) is 0 Å². The van der Waals surface area contributed by atoms with Gasteiger partial charge in [-0.15, -0.1) is 0 Å². The van der Waals surface area contributed by atoms with Gasteiger partial charge in [-0.05, 0) is 32.8 Å². The molecule has 0 radical (unpaired) electrons. The molecule has 1 amide bonds. The standard InChI is InChI=1S/C19H25NO5/c1-19(2,3)25-18(22)20-12-9-13-15(21)14(20)17(24-13)16(12)23-10-11-7-5-4-6-8-11/h4-8,12-17,21H,9-10H2,1-3H3/t12-,13-,14+,15-,16-,17-/m1/s1. The fourth-order valence-corrected chi connectivity index (χ4v) is 4.20. The Balaban J connectivity index is 1.52. The molecule has 1 aromatic carbocycles. The van der Waals surface area contributed by atoms with Gasteiger partial charge in [0.25, 0.3) is 0 Å². The number of benzene rings is 1. The largest absolute Gasteiger partial charge is 0.444 e. The summed E-state index contributed by atoms with van der Waals surface area (Å²) in [6.07, 6.45) is -1.26. The first-order valence-corrected chi connectivity index (χ1v) is 8.85. The average Bonchev–Trinajstić information content (AvgIpc) is 2.89. The van der Waals surface area contributed by atoms with Crippen LogP contribution in [0.5, 0.6) is 0 Å². The van der Waals surface area contributed by atoms with Gasteiger partial charge in [0, 0.05) is 0 Å². The van der Waals surface area contributed by atoms with Crippen LogP contribution in [0.25, 0.3) is 0 Å². The van der Waals surface area contributed by atoms with Crippen LogP contribution >= 0.6 is 0 Å². The van der Waals surface area contributed by atoms with Gasteiger partial charge in [-0.3, -0.25) is 4.90 Å². The molecule has 0 aromatic heterocycles. The van der Waals surface area contributed by atoms with E-state index in [2.05, 4.69) is 0 Å². The molecule has 25 heavy (non-hydrogen) atoms. The Morgan fingerprint density at radius 2 is 2.04 bits per heavy atom. The SMILES string of the molecule is CC(C)(C)OC(=O)N1[C@H]2[C@H](O)[C@H]3C[C@@H]1[C@@H](OCc1ccccc1)[C@@H]2O3. The maximum atomic E-state index is 12.7. The molecule has 4 aliphatic rings.